The van der Waals surface area contributed by atoms with Crippen molar-refractivity contribution in [3.05, 3.63) is 0 Å². The van der Waals surface area contributed by atoms with Crippen molar-refractivity contribution in [1.82, 2.24) is 0 Å². The fourth-order valence-corrected chi connectivity index (χ4v) is 3.58. The van der Waals surface area contributed by atoms with E-state index in [-0.39, 0.29) is 9.03 Å². The first-order valence-electron chi connectivity index (χ1n) is 2.18. The van der Waals surface area contributed by atoms with Crippen LogP contribution in [0.1, 0.15) is 0 Å². The summed E-state index contributed by atoms with van der Waals surface area (Å²) >= 11 is 0. The van der Waals surface area contributed by atoms with E-state index in [2.05, 4.69) is 0 Å². The normalized spacial score (nSPS) is 39.3. The van der Waals surface area contributed by atoms with Crippen LogP contribution in [0.5, 0.6) is 0 Å². The SMILES string of the molecule is COP1OPOP(C)O1. The molecule has 0 N–H and O–H groups in total. The average molecular weight is 188 g/mol. The molecule has 0 aromatic heterocycles. The third kappa shape index (κ3) is 2.69. The molecule has 9 heavy (non-hydrogen) atoms. The Bertz CT molecular complexity index is 89.9. The van der Waals surface area contributed by atoms with Crippen LogP contribution in [0.15, 0.2) is 0 Å². The first kappa shape index (κ1) is 8.23. The Balaban J connectivity index is 2.23. The lowest BCUT2D eigenvalue weighted by Gasteiger charge is -2.22. The van der Waals surface area contributed by atoms with Gasteiger partial charge in [-0.15, -0.1) is 0 Å². The van der Waals surface area contributed by atoms with Crippen molar-refractivity contribution in [3.63, 3.8) is 0 Å². The summed E-state index contributed by atoms with van der Waals surface area (Å²) < 4.78 is 19.9. The van der Waals surface area contributed by atoms with Crippen molar-refractivity contribution >= 4 is 26.0 Å². The molecule has 0 amide bonds. The second kappa shape index (κ2) is 4.10. The van der Waals surface area contributed by atoms with E-state index in [1.807, 2.05) is 6.66 Å². The largest absolute Gasteiger partial charge is 0.343 e. The van der Waals surface area contributed by atoms with E-state index in [0.717, 1.165) is 0 Å². The van der Waals surface area contributed by atoms with Crippen LogP contribution < -0.4 is 0 Å². The fourth-order valence-electron chi connectivity index (χ4n) is 0.297. The Kier molecular flexibility index (Phi) is 3.75. The molecule has 0 aliphatic carbocycles. The highest BCUT2D eigenvalue weighted by Crippen LogP contribution is 2.64. The first-order chi connectivity index (χ1) is 4.33. The van der Waals surface area contributed by atoms with Gasteiger partial charge in [0.25, 0.3) is 0 Å². The highest BCUT2D eigenvalue weighted by molar-refractivity contribution is 7.67. The fraction of sp³-hybridized carbons (Fsp3) is 1.00. The molecule has 1 saturated heterocycles. The molecular formula is C2H7O4P3. The Morgan fingerprint density at radius 2 is 2.22 bits per heavy atom. The van der Waals surface area contributed by atoms with Crippen LogP contribution in [0.25, 0.3) is 0 Å². The molecule has 1 rings (SSSR count). The van der Waals surface area contributed by atoms with E-state index in [1.54, 1.807) is 7.11 Å². The summed E-state index contributed by atoms with van der Waals surface area (Å²) in [5.74, 6) is 0. The van der Waals surface area contributed by atoms with Crippen molar-refractivity contribution in [2.24, 2.45) is 0 Å². The molecule has 0 aromatic rings. The van der Waals surface area contributed by atoms with Crippen LogP contribution in [0.4, 0.5) is 0 Å². The van der Waals surface area contributed by atoms with Crippen LogP contribution in [0.2, 0.25) is 0 Å². The number of hydrogen-bond donors (Lipinski definition) is 0. The zero-order valence-electron chi connectivity index (χ0n) is 5.03. The second-order valence-electron chi connectivity index (χ2n) is 1.19. The zero-order chi connectivity index (χ0) is 6.69. The lowest BCUT2D eigenvalue weighted by Crippen LogP contribution is -1.88. The van der Waals surface area contributed by atoms with Gasteiger partial charge in [-0.2, -0.15) is 0 Å². The van der Waals surface area contributed by atoms with E-state index in [0.29, 0.717) is 0 Å². The summed E-state index contributed by atoms with van der Waals surface area (Å²) in [6, 6.07) is 0. The minimum absolute atomic E-state index is 0.0768. The van der Waals surface area contributed by atoms with Gasteiger partial charge in [-0.05, 0) is 0 Å². The van der Waals surface area contributed by atoms with Crippen molar-refractivity contribution in [1.29, 1.82) is 0 Å². The molecule has 0 saturated carbocycles. The second-order valence-corrected chi connectivity index (χ2v) is 5.17. The molecule has 1 heterocycles. The maximum Gasteiger partial charge on any atom is 0.343 e. The van der Waals surface area contributed by atoms with Gasteiger partial charge >= 0.3 is 8.60 Å². The molecule has 0 aromatic carbocycles. The summed E-state index contributed by atoms with van der Waals surface area (Å²) in [5.41, 5.74) is 0. The van der Waals surface area contributed by atoms with Gasteiger partial charge in [0.15, 0.2) is 17.4 Å². The van der Waals surface area contributed by atoms with Crippen LogP contribution in [0, 0.1) is 0 Å². The van der Waals surface area contributed by atoms with Crippen molar-refractivity contribution in [3.8, 4) is 0 Å². The van der Waals surface area contributed by atoms with Crippen LogP contribution in [0.3, 0.4) is 0 Å². The Labute approximate surface area is 58.1 Å². The van der Waals surface area contributed by atoms with E-state index < -0.39 is 17.0 Å². The van der Waals surface area contributed by atoms with Crippen LogP contribution in [-0.2, 0) is 17.5 Å². The smallest absolute Gasteiger partial charge is 0.315 e. The van der Waals surface area contributed by atoms with E-state index in [9.17, 15) is 0 Å². The Hall–Kier alpha value is 1.13. The van der Waals surface area contributed by atoms with Gasteiger partial charge in [-0.3, -0.25) is 12.9 Å². The van der Waals surface area contributed by atoms with Crippen molar-refractivity contribution < 1.29 is 17.5 Å². The van der Waals surface area contributed by atoms with Gasteiger partial charge in [0.05, 0.1) is 0 Å². The highest BCUT2D eigenvalue weighted by atomic mass is 31.3. The van der Waals surface area contributed by atoms with Crippen LogP contribution >= 0.6 is 26.0 Å². The third-order valence-corrected chi connectivity index (χ3v) is 4.58. The lowest BCUT2D eigenvalue weighted by atomic mass is 11.8. The highest BCUT2D eigenvalue weighted by Gasteiger charge is 2.22. The lowest BCUT2D eigenvalue weighted by molar-refractivity contribution is 0.310. The summed E-state index contributed by atoms with van der Waals surface area (Å²) in [7, 11) is -0.201. The number of hydrogen-bond acceptors (Lipinski definition) is 4. The standard InChI is InChI=1S/C2H7O4P3/c1-3-9-5-7-4-8(2)6-9/h7H,1-2H3. The molecule has 1 aliphatic heterocycles. The molecule has 0 spiro atoms. The summed E-state index contributed by atoms with van der Waals surface area (Å²) in [4.78, 5) is 0. The van der Waals surface area contributed by atoms with Gasteiger partial charge in [-0.25, -0.2) is 0 Å². The van der Waals surface area contributed by atoms with Crippen LogP contribution in [-0.4, -0.2) is 13.8 Å². The topological polar surface area (TPSA) is 36.9 Å². The molecule has 7 heteroatoms. The maximum atomic E-state index is 5.11. The molecular weight excluding hydrogens is 181 g/mol. The molecule has 3 atom stereocenters. The van der Waals surface area contributed by atoms with E-state index in [1.165, 1.54) is 0 Å². The predicted octanol–water partition coefficient (Wildman–Crippen LogP) is 2.37. The average Bonchev–Trinajstić information content (AvgIpc) is 1.88. The maximum absolute atomic E-state index is 5.11. The van der Waals surface area contributed by atoms with Crippen molar-refractivity contribution in [2.45, 2.75) is 0 Å². The molecule has 1 fully saturated rings. The summed E-state index contributed by atoms with van der Waals surface area (Å²) in [5, 5.41) is 0. The monoisotopic (exact) mass is 188 g/mol. The Morgan fingerprint density at radius 3 is 2.67 bits per heavy atom. The summed E-state index contributed by atoms with van der Waals surface area (Å²) in [6.07, 6.45) is 0. The molecule has 3 unspecified atom stereocenters. The van der Waals surface area contributed by atoms with Crippen molar-refractivity contribution in [2.75, 3.05) is 13.8 Å². The van der Waals surface area contributed by atoms with Gasteiger partial charge in [0.1, 0.15) is 0 Å². The quantitative estimate of drug-likeness (QED) is 0.592. The molecule has 54 valence electrons. The van der Waals surface area contributed by atoms with Gasteiger partial charge in [0.2, 0.25) is 0 Å². The van der Waals surface area contributed by atoms with Gasteiger partial charge in [0, 0.05) is 13.8 Å². The summed E-state index contributed by atoms with van der Waals surface area (Å²) in [6.45, 7) is 1.87. The number of rotatable bonds is 1. The molecule has 0 bridgehead atoms. The molecule has 4 nitrogen and oxygen atoms in total. The predicted molar refractivity (Wildman–Crippen MR) is 38.3 cm³/mol. The molecule has 0 radical (unpaired) electrons. The minimum Gasteiger partial charge on any atom is -0.315 e. The minimum atomic E-state index is -1.09. The van der Waals surface area contributed by atoms with E-state index in [4.69, 9.17) is 17.5 Å². The van der Waals surface area contributed by atoms with E-state index >= 15 is 0 Å². The Morgan fingerprint density at radius 1 is 1.44 bits per heavy atom. The molecule has 1 aliphatic rings. The first-order valence-corrected chi connectivity index (χ1v) is 5.71. The van der Waals surface area contributed by atoms with Gasteiger partial charge in [-0.1, -0.05) is 0 Å². The van der Waals surface area contributed by atoms with Gasteiger partial charge < -0.3 is 4.52 Å². The third-order valence-electron chi connectivity index (χ3n) is 0.608. The zero-order valence-corrected chi connectivity index (χ0v) is 7.82.